The van der Waals surface area contributed by atoms with Crippen molar-refractivity contribution in [1.82, 2.24) is 14.7 Å². The van der Waals surface area contributed by atoms with E-state index in [0.29, 0.717) is 23.8 Å². The number of aliphatic hydroxyl groups is 1. The molecule has 5 fully saturated rings. The molecule has 3 amide bonds. The van der Waals surface area contributed by atoms with Gasteiger partial charge in [-0.25, -0.2) is 19.3 Å². The SMILES string of the molecule is CC[C@H]1OC(=O)[C@H](C)[C@@H](OC(=O)N2C(=O)OC[C@@H]2C)[C@H](C)[C@@H](OC2O[C@H](C)C[C@H](N(C)CC3CC3)[C@H]2O)[C@@](C)(OC)C[C@@H](C)C(=O)[C@H](C)[C@H]2N(CCc3ccc(Cl)cc3)C(=O)O[C@]12C. The Morgan fingerprint density at radius 2 is 1.67 bits per heavy atom. The van der Waals surface area contributed by atoms with Crippen LogP contribution < -0.4 is 0 Å². The van der Waals surface area contributed by atoms with Crippen molar-refractivity contribution >= 4 is 41.6 Å². The van der Waals surface area contributed by atoms with Gasteiger partial charge in [-0.2, -0.15) is 0 Å². The van der Waals surface area contributed by atoms with Crippen LogP contribution in [0.25, 0.3) is 0 Å². The number of carbonyl (C=O) groups excluding carboxylic acids is 5. The quantitative estimate of drug-likeness (QED) is 0.184. The van der Waals surface area contributed by atoms with Crippen molar-refractivity contribution in [2.24, 2.45) is 29.6 Å². The monoisotopic (exact) mass is 919 g/mol. The topological polar surface area (TPSA) is 180 Å². The molecule has 1 saturated carbocycles. The number of methoxy groups -OCH3 is 1. The van der Waals surface area contributed by atoms with Crippen LogP contribution in [-0.4, -0.2) is 150 Å². The number of carbonyl (C=O) groups is 5. The fraction of sp³-hybridized carbons (Fsp3) is 0.766. The standard InChI is InChI=1S/C47H70ClN3O13/c1-12-35-47(9)39(50(43(55)64-47)20-19-31-15-17-33(48)18-16-31)28(5)36(52)25(2)22-46(8,58-11)40(63-42-37(53)34(21-27(4)60-42)49(10)23-32-13-14-32)29(6)38(30(7)41(54)61-35)62-45(57)51-26(3)24-59-44(51)56/h15-18,25-30,32,34-35,37-40,42,53H,12-14,19-24H2,1-11H3/t25-,26+,27-,28+,29+,30-,34+,35-,37-,38+,39-,40-,42?,46+,47-/m1/s1. The summed E-state index contributed by atoms with van der Waals surface area (Å²) < 4.78 is 43.6. The van der Waals surface area contributed by atoms with E-state index in [2.05, 4.69) is 4.90 Å². The van der Waals surface area contributed by atoms with Gasteiger partial charge >= 0.3 is 24.2 Å². The number of benzene rings is 1. The minimum Gasteiger partial charge on any atom is -0.458 e. The van der Waals surface area contributed by atoms with Crippen LogP contribution in [0.1, 0.15) is 100.0 Å². The number of rotatable bonds is 11. The molecule has 358 valence electrons. The normalized spacial score (nSPS) is 38.9. The van der Waals surface area contributed by atoms with E-state index < -0.39 is 102 Å². The van der Waals surface area contributed by atoms with E-state index >= 15 is 0 Å². The summed E-state index contributed by atoms with van der Waals surface area (Å²) in [7, 11) is 3.48. The number of hydrogen-bond acceptors (Lipinski definition) is 14. The molecule has 15 atom stereocenters. The van der Waals surface area contributed by atoms with Crippen LogP contribution in [0.15, 0.2) is 24.3 Å². The second kappa shape index (κ2) is 20.1. The van der Waals surface area contributed by atoms with Crippen molar-refractivity contribution in [3.63, 3.8) is 0 Å². The van der Waals surface area contributed by atoms with Crippen molar-refractivity contribution in [1.29, 1.82) is 0 Å². The lowest BCUT2D eigenvalue weighted by atomic mass is 9.73. The predicted octanol–water partition coefficient (Wildman–Crippen LogP) is 6.64. The summed E-state index contributed by atoms with van der Waals surface area (Å²) in [4.78, 5) is 75.1. The molecule has 0 aromatic heterocycles. The molecular formula is C47H70ClN3O13. The van der Waals surface area contributed by atoms with Crippen LogP contribution in [-0.2, 0) is 49.2 Å². The fourth-order valence-corrected chi connectivity index (χ4v) is 10.8. The van der Waals surface area contributed by atoms with E-state index in [9.17, 15) is 29.1 Å². The molecule has 4 saturated heterocycles. The zero-order valence-electron chi connectivity index (χ0n) is 39.3. The molecule has 0 radical (unpaired) electrons. The highest BCUT2D eigenvalue weighted by Gasteiger charge is 2.61. The second-order valence-corrected chi connectivity index (χ2v) is 20.0. The molecule has 6 rings (SSSR count). The molecule has 5 aliphatic rings. The lowest BCUT2D eigenvalue weighted by Gasteiger charge is -2.48. The Kier molecular flexibility index (Phi) is 15.7. The van der Waals surface area contributed by atoms with E-state index in [4.69, 9.17) is 44.8 Å². The number of ether oxygens (including phenoxy) is 7. The van der Waals surface area contributed by atoms with Gasteiger partial charge in [-0.15, -0.1) is 0 Å². The Morgan fingerprint density at radius 1 is 1.00 bits per heavy atom. The number of likely N-dealkylation sites (N-methyl/N-ethyl adjacent to an activating group) is 1. The summed E-state index contributed by atoms with van der Waals surface area (Å²) >= 11 is 6.16. The molecular weight excluding hydrogens is 850 g/mol. The molecule has 17 heteroatoms. The summed E-state index contributed by atoms with van der Waals surface area (Å²) in [6.07, 6.45) is -5.13. The molecule has 16 nitrogen and oxygen atoms in total. The third-order valence-corrected chi connectivity index (χ3v) is 14.8. The Balaban J connectivity index is 1.42. The minimum atomic E-state index is -1.49. The van der Waals surface area contributed by atoms with Crippen LogP contribution >= 0.6 is 11.6 Å². The van der Waals surface area contributed by atoms with Gasteiger partial charge in [0.25, 0.3) is 0 Å². The largest absolute Gasteiger partial charge is 0.458 e. The number of nitrogens with zero attached hydrogens (tertiary/aromatic N) is 3. The molecule has 1 aromatic carbocycles. The van der Waals surface area contributed by atoms with Crippen LogP contribution in [0.4, 0.5) is 14.4 Å². The maximum Gasteiger partial charge on any atom is 0.419 e. The Labute approximate surface area is 382 Å². The summed E-state index contributed by atoms with van der Waals surface area (Å²) in [6.45, 7) is 16.7. The van der Waals surface area contributed by atoms with Crippen molar-refractivity contribution in [2.45, 2.75) is 167 Å². The first-order chi connectivity index (χ1) is 30.1. The second-order valence-electron chi connectivity index (χ2n) is 19.6. The van der Waals surface area contributed by atoms with Gasteiger partial charge in [0, 0.05) is 49.0 Å². The molecule has 1 aromatic rings. The minimum absolute atomic E-state index is 0.0393. The number of esters is 1. The molecule has 4 heterocycles. The Hall–Kier alpha value is -3.54. The van der Waals surface area contributed by atoms with E-state index in [0.717, 1.165) is 29.8 Å². The number of halogens is 1. The Bertz CT molecular complexity index is 1850. The number of amides is 3. The van der Waals surface area contributed by atoms with Gasteiger partial charge in [-0.1, -0.05) is 51.4 Å². The number of imide groups is 1. The molecule has 64 heavy (non-hydrogen) atoms. The Morgan fingerprint density at radius 3 is 2.27 bits per heavy atom. The summed E-state index contributed by atoms with van der Waals surface area (Å²) in [5.41, 5.74) is -1.93. The van der Waals surface area contributed by atoms with E-state index in [-0.39, 0.29) is 43.9 Å². The molecule has 1 aliphatic carbocycles. The average molecular weight is 921 g/mol. The van der Waals surface area contributed by atoms with E-state index in [1.807, 2.05) is 26.1 Å². The molecule has 1 unspecified atom stereocenters. The third kappa shape index (κ3) is 10.4. The van der Waals surface area contributed by atoms with Gasteiger partial charge < -0.3 is 43.2 Å². The van der Waals surface area contributed by atoms with Gasteiger partial charge in [-0.05, 0) is 104 Å². The van der Waals surface area contributed by atoms with E-state index in [1.165, 1.54) is 7.11 Å². The lowest BCUT2D eigenvalue weighted by Crippen LogP contribution is -2.61. The fourth-order valence-electron chi connectivity index (χ4n) is 10.7. The number of aliphatic hydroxyl groups excluding tert-OH is 1. The summed E-state index contributed by atoms with van der Waals surface area (Å²) in [6, 6.07) is 5.46. The first kappa shape index (κ1) is 49.9. The van der Waals surface area contributed by atoms with Crippen LogP contribution in [0.2, 0.25) is 5.02 Å². The van der Waals surface area contributed by atoms with Crippen LogP contribution in [0.5, 0.6) is 0 Å². The zero-order chi connectivity index (χ0) is 47.0. The highest BCUT2D eigenvalue weighted by molar-refractivity contribution is 6.30. The van der Waals surface area contributed by atoms with E-state index in [1.54, 1.807) is 72.4 Å². The number of hydrogen-bond donors (Lipinski definition) is 1. The van der Waals surface area contributed by atoms with Crippen molar-refractivity contribution in [3.05, 3.63) is 34.9 Å². The highest BCUT2D eigenvalue weighted by atomic mass is 35.5. The predicted molar refractivity (Wildman–Crippen MR) is 234 cm³/mol. The van der Waals surface area contributed by atoms with Crippen molar-refractivity contribution in [2.75, 3.05) is 33.9 Å². The first-order valence-corrected chi connectivity index (χ1v) is 23.4. The maximum absolute atomic E-state index is 15.0. The summed E-state index contributed by atoms with van der Waals surface area (Å²) in [5.74, 6) is -4.08. The van der Waals surface area contributed by atoms with Crippen molar-refractivity contribution in [3.8, 4) is 0 Å². The first-order valence-electron chi connectivity index (χ1n) is 23.0. The molecule has 0 bridgehead atoms. The number of cyclic esters (lactones) is 2. The molecule has 0 spiro atoms. The van der Waals surface area contributed by atoms with Gasteiger partial charge in [0.2, 0.25) is 0 Å². The molecule has 1 N–H and O–H groups in total. The molecule has 4 aliphatic heterocycles. The maximum atomic E-state index is 15.0. The van der Waals surface area contributed by atoms with Crippen molar-refractivity contribution < 1.29 is 62.2 Å². The lowest BCUT2D eigenvalue weighted by molar-refractivity contribution is -0.302. The summed E-state index contributed by atoms with van der Waals surface area (Å²) in [5, 5.41) is 12.6. The van der Waals surface area contributed by atoms with Crippen LogP contribution in [0, 0.1) is 29.6 Å². The highest BCUT2D eigenvalue weighted by Crippen LogP contribution is 2.44. The van der Waals surface area contributed by atoms with Gasteiger partial charge in [0.15, 0.2) is 11.9 Å². The number of fused-ring (bicyclic) bond motifs is 1. The van der Waals surface area contributed by atoms with Gasteiger partial charge in [0.1, 0.15) is 30.7 Å². The number of Topliss-reactive ketones (excluding diaryl/α,β-unsaturated/α-hetero) is 1. The van der Waals surface area contributed by atoms with Crippen LogP contribution in [0.3, 0.4) is 0 Å². The van der Waals surface area contributed by atoms with Gasteiger partial charge in [0.05, 0.1) is 35.8 Å². The number of ketones is 1. The smallest absolute Gasteiger partial charge is 0.419 e. The van der Waals surface area contributed by atoms with Gasteiger partial charge in [-0.3, -0.25) is 14.5 Å². The zero-order valence-corrected chi connectivity index (χ0v) is 40.1. The third-order valence-electron chi connectivity index (χ3n) is 14.6. The average Bonchev–Trinajstić information content (AvgIpc) is 3.95.